The van der Waals surface area contributed by atoms with Crippen LogP contribution in [0.15, 0.2) is 48.8 Å². The summed E-state index contributed by atoms with van der Waals surface area (Å²) in [6.07, 6.45) is 3.22. The van der Waals surface area contributed by atoms with Gasteiger partial charge in [0, 0.05) is 19.1 Å². The normalized spacial score (nSPS) is 14.7. The van der Waals surface area contributed by atoms with Crippen LogP contribution in [0.1, 0.15) is 82.0 Å². The van der Waals surface area contributed by atoms with Crippen LogP contribution < -0.4 is 15.4 Å². The molecule has 0 bridgehead atoms. The second-order valence-electron chi connectivity index (χ2n) is 10.2. The summed E-state index contributed by atoms with van der Waals surface area (Å²) in [5.74, 6) is 0.192. The summed E-state index contributed by atoms with van der Waals surface area (Å²) in [6.45, 7) is 8.47. The van der Waals surface area contributed by atoms with Crippen LogP contribution in [0.3, 0.4) is 0 Å². The van der Waals surface area contributed by atoms with Crippen LogP contribution in [0.2, 0.25) is 0 Å². The van der Waals surface area contributed by atoms with Crippen LogP contribution in [0, 0.1) is 6.92 Å². The Morgan fingerprint density at radius 3 is 2.65 bits per heavy atom. The van der Waals surface area contributed by atoms with Crippen molar-refractivity contribution >= 4 is 11.9 Å². The van der Waals surface area contributed by atoms with E-state index in [9.17, 15) is 9.59 Å². The van der Waals surface area contributed by atoms with E-state index < -0.39 is 5.60 Å². The largest absolute Gasteiger partial charge is 0.497 e. The third kappa shape index (κ3) is 6.51. The SMILES string of the molecule is COc1cccc(CNC(=O)c2cc(CN[C@H]3CCc4c3ccc(C(=O)OC(C)(C)C)c4C)ncn2)c1. The number of fused-ring (bicyclic) bond motifs is 1. The summed E-state index contributed by atoms with van der Waals surface area (Å²) >= 11 is 0. The molecule has 37 heavy (non-hydrogen) atoms. The van der Waals surface area contributed by atoms with Crippen LogP contribution >= 0.6 is 0 Å². The van der Waals surface area contributed by atoms with E-state index in [1.54, 1.807) is 13.2 Å². The van der Waals surface area contributed by atoms with Crippen LogP contribution in [-0.2, 0) is 24.2 Å². The molecule has 2 N–H and O–H groups in total. The van der Waals surface area contributed by atoms with Crippen molar-refractivity contribution in [3.63, 3.8) is 0 Å². The van der Waals surface area contributed by atoms with Crippen molar-refractivity contribution in [1.82, 2.24) is 20.6 Å². The van der Waals surface area contributed by atoms with Crippen LogP contribution in [0.5, 0.6) is 5.75 Å². The Balaban J connectivity index is 1.37. The predicted octanol–water partition coefficient (Wildman–Crippen LogP) is 4.46. The minimum absolute atomic E-state index is 0.140. The van der Waals surface area contributed by atoms with Crippen molar-refractivity contribution in [2.45, 2.75) is 65.3 Å². The third-order valence-electron chi connectivity index (χ3n) is 6.39. The molecule has 3 aromatic rings. The van der Waals surface area contributed by atoms with Gasteiger partial charge in [-0.05, 0) is 87.1 Å². The maximum Gasteiger partial charge on any atom is 0.338 e. The topological polar surface area (TPSA) is 102 Å². The number of hydrogen-bond acceptors (Lipinski definition) is 7. The van der Waals surface area contributed by atoms with Gasteiger partial charge in [-0.3, -0.25) is 4.79 Å². The Hall–Kier alpha value is -3.78. The molecule has 2 aromatic carbocycles. The van der Waals surface area contributed by atoms with Crippen LogP contribution in [0.4, 0.5) is 0 Å². The molecule has 0 fully saturated rings. The zero-order chi connectivity index (χ0) is 26.6. The Bertz CT molecular complexity index is 1300. The van der Waals surface area contributed by atoms with Gasteiger partial charge < -0.3 is 20.1 Å². The molecule has 1 heterocycles. The number of rotatable bonds is 8. The Labute approximate surface area is 217 Å². The molecule has 1 aromatic heterocycles. The monoisotopic (exact) mass is 502 g/mol. The second-order valence-corrected chi connectivity index (χ2v) is 10.2. The highest BCUT2D eigenvalue weighted by molar-refractivity contribution is 5.92. The molecular weight excluding hydrogens is 468 g/mol. The lowest BCUT2D eigenvalue weighted by Crippen LogP contribution is -2.25. The van der Waals surface area contributed by atoms with Crippen LogP contribution in [-0.4, -0.2) is 34.6 Å². The van der Waals surface area contributed by atoms with Crippen molar-refractivity contribution < 1.29 is 19.1 Å². The van der Waals surface area contributed by atoms with Crippen molar-refractivity contribution in [2.75, 3.05) is 7.11 Å². The smallest absolute Gasteiger partial charge is 0.338 e. The lowest BCUT2D eigenvalue weighted by atomic mass is 9.97. The van der Waals surface area contributed by atoms with E-state index >= 15 is 0 Å². The fraction of sp³-hybridized carbons (Fsp3) is 0.379. The molecule has 0 saturated carbocycles. The first-order chi connectivity index (χ1) is 17.6. The third-order valence-corrected chi connectivity index (χ3v) is 6.39. The molecule has 8 heteroatoms. The number of nitrogens with one attached hydrogen (secondary N) is 2. The zero-order valence-electron chi connectivity index (χ0n) is 22.1. The van der Waals surface area contributed by atoms with E-state index in [0.29, 0.717) is 24.3 Å². The molecule has 1 aliphatic rings. The molecule has 0 saturated heterocycles. The average molecular weight is 503 g/mol. The summed E-state index contributed by atoms with van der Waals surface area (Å²) < 4.78 is 10.8. The number of hydrogen-bond donors (Lipinski definition) is 2. The van der Waals surface area contributed by atoms with Gasteiger partial charge in [0.05, 0.1) is 18.4 Å². The molecule has 0 unspecified atom stereocenters. The maximum atomic E-state index is 12.7. The highest BCUT2D eigenvalue weighted by atomic mass is 16.6. The number of esters is 1. The summed E-state index contributed by atoms with van der Waals surface area (Å²) in [5.41, 5.74) is 5.44. The molecule has 1 amide bonds. The molecule has 1 atom stereocenters. The lowest BCUT2D eigenvalue weighted by molar-refractivity contribution is 0.00685. The maximum absolute atomic E-state index is 12.7. The molecule has 8 nitrogen and oxygen atoms in total. The first-order valence-corrected chi connectivity index (χ1v) is 12.5. The number of methoxy groups -OCH3 is 1. The minimum atomic E-state index is -0.533. The van der Waals surface area contributed by atoms with E-state index in [2.05, 4.69) is 20.6 Å². The molecule has 0 spiro atoms. The number of carbonyl (C=O) groups is 2. The first kappa shape index (κ1) is 26.3. The van der Waals surface area contributed by atoms with Gasteiger partial charge in [-0.25, -0.2) is 14.8 Å². The molecule has 194 valence electrons. The van der Waals surface area contributed by atoms with Gasteiger partial charge in [-0.2, -0.15) is 0 Å². The summed E-state index contributed by atoms with van der Waals surface area (Å²) in [4.78, 5) is 33.8. The van der Waals surface area contributed by atoms with Crippen molar-refractivity contribution in [1.29, 1.82) is 0 Å². The Morgan fingerprint density at radius 2 is 1.89 bits per heavy atom. The highest BCUT2D eigenvalue weighted by Gasteiger charge is 2.27. The lowest BCUT2D eigenvalue weighted by Gasteiger charge is -2.21. The zero-order valence-corrected chi connectivity index (χ0v) is 22.1. The van der Waals surface area contributed by atoms with Crippen LogP contribution in [0.25, 0.3) is 0 Å². The summed E-state index contributed by atoms with van der Waals surface area (Å²) in [6, 6.07) is 13.3. The molecule has 4 rings (SSSR count). The molecule has 0 radical (unpaired) electrons. The quantitative estimate of drug-likeness (QED) is 0.439. The number of ether oxygens (including phenoxy) is 2. The van der Waals surface area contributed by atoms with E-state index in [4.69, 9.17) is 9.47 Å². The standard InChI is InChI=1S/C29H34N4O4/c1-18-22-11-12-25(24(22)10-9-23(18)28(35)37-29(2,3)4)30-16-20-14-26(33-17-32-20)27(34)31-15-19-7-6-8-21(13-19)36-5/h6-10,13-14,17,25,30H,11-12,15-16H2,1-5H3,(H,31,34)/t25-/m0/s1. The van der Waals surface area contributed by atoms with Crippen molar-refractivity contribution in [3.05, 3.63) is 88.0 Å². The molecular formula is C29H34N4O4. The average Bonchev–Trinajstić information content (AvgIpc) is 3.29. The van der Waals surface area contributed by atoms with E-state index in [1.165, 1.54) is 17.5 Å². The van der Waals surface area contributed by atoms with Gasteiger partial charge in [0.15, 0.2) is 0 Å². The van der Waals surface area contributed by atoms with Crippen molar-refractivity contribution in [3.8, 4) is 5.75 Å². The Morgan fingerprint density at radius 1 is 1.08 bits per heavy atom. The number of nitrogens with zero attached hydrogens (tertiary/aromatic N) is 2. The van der Waals surface area contributed by atoms with Crippen molar-refractivity contribution in [2.24, 2.45) is 0 Å². The fourth-order valence-corrected chi connectivity index (χ4v) is 4.55. The van der Waals surface area contributed by atoms with Gasteiger partial charge in [-0.15, -0.1) is 0 Å². The predicted molar refractivity (Wildman–Crippen MR) is 140 cm³/mol. The van der Waals surface area contributed by atoms with Gasteiger partial charge in [0.25, 0.3) is 5.91 Å². The summed E-state index contributed by atoms with van der Waals surface area (Å²) in [7, 11) is 1.61. The number of benzene rings is 2. The minimum Gasteiger partial charge on any atom is -0.497 e. The second kappa shape index (κ2) is 11.1. The van der Waals surface area contributed by atoms with Gasteiger partial charge in [-0.1, -0.05) is 18.2 Å². The van der Waals surface area contributed by atoms with Gasteiger partial charge in [0.1, 0.15) is 23.4 Å². The van der Waals surface area contributed by atoms with Gasteiger partial charge in [0.2, 0.25) is 0 Å². The van der Waals surface area contributed by atoms with E-state index in [-0.39, 0.29) is 17.9 Å². The fourth-order valence-electron chi connectivity index (χ4n) is 4.55. The Kier molecular flexibility index (Phi) is 7.88. The highest BCUT2D eigenvalue weighted by Crippen LogP contribution is 2.35. The number of carbonyl (C=O) groups excluding carboxylic acids is 2. The number of amides is 1. The number of aromatic nitrogens is 2. The summed E-state index contributed by atoms with van der Waals surface area (Å²) in [5, 5.41) is 6.45. The van der Waals surface area contributed by atoms with E-state index in [0.717, 1.165) is 35.4 Å². The first-order valence-electron chi connectivity index (χ1n) is 12.5. The van der Waals surface area contributed by atoms with E-state index in [1.807, 2.05) is 64.1 Å². The molecule has 0 aliphatic heterocycles. The van der Waals surface area contributed by atoms with Gasteiger partial charge >= 0.3 is 5.97 Å². The molecule has 1 aliphatic carbocycles.